The topological polar surface area (TPSA) is 75.4 Å². The molecular weight excluding hydrogens is 216 g/mol. The Labute approximate surface area is 101 Å². The van der Waals surface area contributed by atoms with Gasteiger partial charge in [0, 0.05) is 24.3 Å². The van der Waals surface area contributed by atoms with Crippen LogP contribution in [0.1, 0.15) is 29.6 Å². The molecule has 1 aliphatic carbocycles. The fourth-order valence-electron chi connectivity index (χ4n) is 2.40. The molecule has 1 aromatic rings. The minimum atomic E-state index is -0.145. The van der Waals surface area contributed by atoms with Gasteiger partial charge in [0.15, 0.2) is 0 Å². The Morgan fingerprint density at radius 1 is 1.41 bits per heavy atom. The molecule has 1 aliphatic rings. The summed E-state index contributed by atoms with van der Waals surface area (Å²) in [5.74, 6) is 0.0392. The minimum absolute atomic E-state index is 0.0760. The molecule has 92 valence electrons. The highest BCUT2D eigenvalue weighted by Crippen LogP contribution is 2.25. The summed E-state index contributed by atoms with van der Waals surface area (Å²) >= 11 is 0. The quantitative estimate of drug-likeness (QED) is 0.687. The molecule has 1 saturated carbocycles. The molecule has 2 rings (SSSR count). The van der Waals surface area contributed by atoms with Crippen LogP contribution >= 0.6 is 0 Å². The third-order valence-electron chi connectivity index (χ3n) is 3.42. The molecule has 0 aliphatic heterocycles. The summed E-state index contributed by atoms with van der Waals surface area (Å²) in [5.41, 5.74) is 6.75. The Hall–Kier alpha value is -1.55. The van der Waals surface area contributed by atoms with Crippen molar-refractivity contribution < 1.29 is 9.90 Å². The normalized spacial score (nSPS) is 23.6. The van der Waals surface area contributed by atoms with E-state index in [0.717, 1.165) is 19.3 Å². The summed E-state index contributed by atoms with van der Waals surface area (Å²) in [7, 11) is 0. The van der Waals surface area contributed by atoms with E-state index >= 15 is 0 Å². The van der Waals surface area contributed by atoms with Crippen LogP contribution < -0.4 is 11.1 Å². The number of amides is 1. The first-order valence-electron chi connectivity index (χ1n) is 5.98. The molecule has 0 spiro atoms. The maximum absolute atomic E-state index is 12.0. The zero-order chi connectivity index (χ0) is 12.3. The van der Waals surface area contributed by atoms with Crippen molar-refractivity contribution in [3.8, 4) is 0 Å². The number of carbonyl (C=O) groups is 1. The number of nitrogens with two attached hydrogens (primary N) is 1. The van der Waals surface area contributed by atoms with Crippen LogP contribution in [0.3, 0.4) is 0 Å². The summed E-state index contributed by atoms with van der Waals surface area (Å²) in [6, 6.07) is 7.11. The number of rotatable bonds is 3. The lowest BCUT2D eigenvalue weighted by molar-refractivity contribution is 0.0917. The summed E-state index contributed by atoms with van der Waals surface area (Å²) in [5, 5.41) is 12.2. The number of benzene rings is 1. The average Bonchev–Trinajstić information content (AvgIpc) is 2.76. The second-order valence-corrected chi connectivity index (χ2v) is 4.54. The number of hydrogen-bond donors (Lipinski definition) is 3. The Morgan fingerprint density at radius 2 is 2.18 bits per heavy atom. The number of anilines is 1. The molecule has 0 heterocycles. The third kappa shape index (κ3) is 2.58. The van der Waals surface area contributed by atoms with E-state index in [1.165, 1.54) is 0 Å². The molecule has 17 heavy (non-hydrogen) atoms. The van der Waals surface area contributed by atoms with E-state index in [1.807, 2.05) is 0 Å². The van der Waals surface area contributed by atoms with Crippen LogP contribution in [0.15, 0.2) is 24.3 Å². The Kier molecular flexibility index (Phi) is 3.64. The summed E-state index contributed by atoms with van der Waals surface area (Å²) in [4.78, 5) is 12.0. The number of aliphatic hydroxyl groups excluding tert-OH is 1. The van der Waals surface area contributed by atoms with Crippen molar-refractivity contribution in [3.63, 3.8) is 0 Å². The van der Waals surface area contributed by atoms with Crippen molar-refractivity contribution in [2.45, 2.75) is 25.3 Å². The first kappa shape index (κ1) is 11.9. The van der Waals surface area contributed by atoms with Gasteiger partial charge in [-0.1, -0.05) is 18.6 Å². The molecule has 0 radical (unpaired) electrons. The Bertz CT molecular complexity index is 406. The first-order chi connectivity index (χ1) is 8.22. The minimum Gasteiger partial charge on any atom is -0.398 e. The zero-order valence-corrected chi connectivity index (χ0v) is 9.73. The highest BCUT2D eigenvalue weighted by Gasteiger charge is 2.28. The third-order valence-corrected chi connectivity index (χ3v) is 3.42. The smallest absolute Gasteiger partial charge is 0.253 e. The molecular formula is C13H18N2O2. The van der Waals surface area contributed by atoms with Crippen LogP contribution in [0.4, 0.5) is 5.69 Å². The number of carbonyl (C=O) groups excluding carboxylic acids is 1. The Morgan fingerprint density at radius 3 is 2.88 bits per heavy atom. The molecule has 0 bridgehead atoms. The summed E-state index contributed by atoms with van der Waals surface area (Å²) < 4.78 is 0. The maximum atomic E-state index is 12.0. The molecule has 1 fully saturated rings. The van der Waals surface area contributed by atoms with Gasteiger partial charge in [0.05, 0.1) is 5.56 Å². The largest absolute Gasteiger partial charge is 0.398 e. The number of para-hydroxylation sites is 1. The zero-order valence-electron chi connectivity index (χ0n) is 9.73. The van der Waals surface area contributed by atoms with Crippen molar-refractivity contribution in [3.05, 3.63) is 29.8 Å². The number of hydrogen-bond acceptors (Lipinski definition) is 3. The van der Waals surface area contributed by atoms with Gasteiger partial charge in [0.25, 0.3) is 5.91 Å². The van der Waals surface area contributed by atoms with Gasteiger partial charge in [-0.3, -0.25) is 4.79 Å². The molecule has 0 saturated heterocycles. The fourth-order valence-corrected chi connectivity index (χ4v) is 2.40. The van der Waals surface area contributed by atoms with Gasteiger partial charge < -0.3 is 16.2 Å². The van der Waals surface area contributed by atoms with Gasteiger partial charge in [-0.05, 0) is 25.0 Å². The lowest BCUT2D eigenvalue weighted by Crippen LogP contribution is -2.38. The van der Waals surface area contributed by atoms with E-state index in [2.05, 4.69) is 5.32 Å². The van der Waals surface area contributed by atoms with Gasteiger partial charge in [-0.15, -0.1) is 0 Å². The lowest BCUT2D eigenvalue weighted by atomic mass is 10.0. The van der Waals surface area contributed by atoms with Crippen molar-refractivity contribution >= 4 is 11.6 Å². The first-order valence-corrected chi connectivity index (χ1v) is 5.98. The van der Waals surface area contributed by atoms with Crippen LogP contribution in [0.5, 0.6) is 0 Å². The van der Waals surface area contributed by atoms with Gasteiger partial charge in [0.2, 0.25) is 0 Å². The predicted molar refractivity (Wildman–Crippen MR) is 66.5 cm³/mol. The molecule has 1 amide bonds. The molecule has 2 atom stereocenters. The van der Waals surface area contributed by atoms with Crippen LogP contribution in [0.2, 0.25) is 0 Å². The van der Waals surface area contributed by atoms with E-state index in [4.69, 9.17) is 5.73 Å². The highest BCUT2D eigenvalue weighted by atomic mass is 16.3. The highest BCUT2D eigenvalue weighted by molar-refractivity contribution is 5.99. The van der Waals surface area contributed by atoms with E-state index < -0.39 is 0 Å². The second kappa shape index (κ2) is 5.19. The second-order valence-electron chi connectivity index (χ2n) is 4.54. The average molecular weight is 234 g/mol. The van der Waals surface area contributed by atoms with Crippen LogP contribution in [0.25, 0.3) is 0 Å². The molecule has 4 heteroatoms. The van der Waals surface area contributed by atoms with Crippen LogP contribution in [-0.4, -0.2) is 23.7 Å². The number of aliphatic hydroxyl groups is 1. The van der Waals surface area contributed by atoms with E-state index in [1.54, 1.807) is 24.3 Å². The standard InChI is InChI=1S/C13H18N2O2/c14-11-6-2-1-5-10(11)13(17)15-12-7-3-4-9(12)8-16/h1-2,5-6,9,12,16H,3-4,7-8,14H2,(H,15,17). The van der Waals surface area contributed by atoms with Crippen molar-refractivity contribution in [2.24, 2.45) is 5.92 Å². The SMILES string of the molecule is Nc1ccccc1C(=O)NC1CCCC1CO. The lowest BCUT2D eigenvalue weighted by Gasteiger charge is -2.19. The van der Waals surface area contributed by atoms with Gasteiger partial charge >= 0.3 is 0 Å². The molecule has 1 aromatic carbocycles. The van der Waals surface area contributed by atoms with E-state index in [9.17, 15) is 9.90 Å². The van der Waals surface area contributed by atoms with Gasteiger partial charge in [-0.2, -0.15) is 0 Å². The predicted octanol–water partition coefficient (Wildman–Crippen LogP) is 1.16. The summed E-state index contributed by atoms with van der Waals surface area (Å²) in [6.45, 7) is 0.134. The molecule has 4 nitrogen and oxygen atoms in total. The number of nitrogens with one attached hydrogen (secondary N) is 1. The van der Waals surface area contributed by atoms with Crippen molar-refractivity contribution in [1.29, 1.82) is 0 Å². The van der Waals surface area contributed by atoms with E-state index in [0.29, 0.717) is 11.3 Å². The van der Waals surface area contributed by atoms with Crippen LogP contribution in [-0.2, 0) is 0 Å². The van der Waals surface area contributed by atoms with Crippen molar-refractivity contribution in [2.75, 3.05) is 12.3 Å². The van der Waals surface area contributed by atoms with Gasteiger partial charge in [0.1, 0.15) is 0 Å². The molecule has 0 aromatic heterocycles. The van der Waals surface area contributed by atoms with E-state index in [-0.39, 0.29) is 24.5 Å². The monoisotopic (exact) mass is 234 g/mol. The van der Waals surface area contributed by atoms with Crippen molar-refractivity contribution in [1.82, 2.24) is 5.32 Å². The van der Waals surface area contributed by atoms with Crippen LogP contribution in [0, 0.1) is 5.92 Å². The van der Waals surface area contributed by atoms with Gasteiger partial charge in [-0.25, -0.2) is 0 Å². The Balaban J connectivity index is 2.04. The fraction of sp³-hybridized carbons (Fsp3) is 0.462. The molecule has 2 unspecified atom stereocenters. The summed E-state index contributed by atoms with van der Waals surface area (Å²) in [6.07, 6.45) is 2.97. The maximum Gasteiger partial charge on any atom is 0.253 e. The molecule has 4 N–H and O–H groups in total. The number of nitrogen functional groups attached to an aromatic ring is 1.